The summed E-state index contributed by atoms with van der Waals surface area (Å²) in [6.45, 7) is 2.84. The van der Waals surface area contributed by atoms with E-state index in [1.54, 1.807) is 10.7 Å². The first kappa shape index (κ1) is 6.81. The zero-order valence-corrected chi connectivity index (χ0v) is 5.83. The SMILES string of the molecule is CCCn1n[c]cc1C#N. The molecule has 1 aromatic rings. The molecule has 0 aliphatic heterocycles. The highest BCUT2D eigenvalue weighted by molar-refractivity contribution is 5.17. The molecule has 0 N–H and O–H groups in total. The van der Waals surface area contributed by atoms with E-state index in [4.69, 9.17) is 5.26 Å². The van der Waals surface area contributed by atoms with Gasteiger partial charge in [-0.2, -0.15) is 10.4 Å². The van der Waals surface area contributed by atoms with E-state index in [-0.39, 0.29) is 0 Å². The summed E-state index contributed by atoms with van der Waals surface area (Å²) in [6, 6.07) is 3.62. The highest BCUT2D eigenvalue weighted by Gasteiger charge is 1.97. The van der Waals surface area contributed by atoms with Crippen LogP contribution in [0.4, 0.5) is 0 Å². The van der Waals surface area contributed by atoms with Crippen molar-refractivity contribution < 1.29 is 0 Å². The maximum absolute atomic E-state index is 8.50. The van der Waals surface area contributed by atoms with Crippen molar-refractivity contribution >= 4 is 0 Å². The summed E-state index contributed by atoms with van der Waals surface area (Å²) in [6.07, 6.45) is 3.61. The lowest BCUT2D eigenvalue weighted by molar-refractivity contribution is 0.595. The second-order valence-corrected chi connectivity index (χ2v) is 1.99. The van der Waals surface area contributed by atoms with E-state index in [0.717, 1.165) is 13.0 Å². The molecular weight excluding hydrogens is 126 g/mol. The largest absolute Gasteiger partial charge is 0.254 e. The monoisotopic (exact) mass is 134 g/mol. The van der Waals surface area contributed by atoms with Crippen molar-refractivity contribution in [3.8, 4) is 6.07 Å². The summed E-state index contributed by atoms with van der Waals surface area (Å²) >= 11 is 0. The number of aryl methyl sites for hydroxylation is 1. The Labute approximate surface area is 59.9 Å². The van der Waals surface area contributed by atoms with Crippen molar-refractivity contribution in [1.29, 1.82) is 5.26 Å². The van der Waals surface area contributed by atoms with Gasteiger partial charge in [-0.1, -0.05) is 6.92 Å². The van der Waals surface area contributed by atoms with Gasteiger partial charge in [0.05, 0.1) is 0 Å². The van der Waals surface area contributed by atoms with Crippen LogP contribution in [0.5, 0.6) is 0 Å². The summed E-state index contributed by atoms with van der Waals surface area (Å²) in [5, 5.41) is 12.3. The number of nitriles is 1. The van der Waals surface area contributed by atoms with E-state index in [2.05, 4.69) is 11.3 Å². The van der Waals surface area contributed by atoms with E-state index in [9.17, 15) is 0 Å². The molecule has 0 saturated carbocycles. The van der Waals surface area contributed by atoms with Crippen LogP contribution in [0.15, 0.2) is 6.07 Å². The molecule has 0 amide bonds. The minimum atomic E-state index is 0.585. The molecule has 0 spiro atoms. The fourth-order valence-electron chi connectivity index (χ4n) is 0.760. The van der Waals surface area contributed by atoms with Gasteiger partial charge in [-0.05, 0) is 6.42 Å². The predicted octanol–water partition coefficient (Wildman–Crippen LogP) is 0.965. The molecular formula is C7H8N3. The van der Waals surface area contributed by atoms with Crippen molar-refractivity contribution in [1.82, 2.24) is 9.78 Å². The molecule has 0 aromatic carbocycles. The highest BCUT2D eigenvalue weighted by atomic mass is 15.3. The first-order valence-electron chi connectivity index (χ1n) is 3.22. The normalized spacial score (nSPS) is 9.20. The lowest BCUT2D eigenvalue weighted by Crippen LogP contribution is -2.00. The number of nitrogens with zero attached hydrogens (tertiary/aromatic N) is 3. The first-order chi connectivity index (χ1) is 4.88. The van der Waals surface area contributed by atoms with Gasteiger partial charge in [-0.15, -0.1) is 0 Å². The molecule has 0 fully saturated rings. The molecule has 10 heavy (non-hydrogen) atoms. The predicted molar refractivity (Wildman–Crippen MR) is 36.1 cm³/mol. The Kier molecular flexibility index (Phi) is 2.06. The molecule has 51 valence electrons. The van der Waals surface area contributed by atoms with Gasteiger partial charge in [0.2, 0.25) is 0 Å². The first-order valence-corrected chi connectivity index (χ1v) is 3.22. The zero-order valence-electron chi connectivity index (χ0n) is 5.83. The maximum atomic E-state index is 8.50. The van der Waals surface area contributed by atoms with Gasteiger partial charge >= 0.3 is 0 Å². The van der Waals surface area contributed by atoms with Crippen molar-refractivity contribution in [3.63, 3.8) is 0 Å². The third-order valence-corrected chi connectivity index (χ3v) is 1.21. The molecule has 3 heteroatoms. The van der Waals surface area contributed by atoms with Crippen LogP contribution in [-0.4, -0.2) is 9.78 Å². The molecule has 0 atom stereocenters. The summed E-state index contributed by atoms with van der Waals surface area (Å²) in [5.41, 5.74) is 0.585. The topological polar surface area (TPSA) is 41.6 Å². The number of hydrogen-bond acceptors (Lipinski definition) is 2. The van der Waals surface area contributed by atoms with Gasteiger partial charge in [0.15, 0.2) is 0 Å². The lowest BCUT2D eigenvalue weighted by atomic mass is 10.4. The third-order valence-electron chi connectivity index (χ3n) is 1.21. The second kappa shape index (κ2) is 3.02. The minimum Gasteiger partial charge on any atom is -0.254 e. The molecule has 3 nitrogen and oxygen atoms in total. The Bertz CT molecular complexity index is 244. The fraction of sp³-hybridized carbons (Fsp3) is 0.429. The molecule has 0 aliphatic rings. The van der Waals surface area contributed by atoms with E-state index in [0.29, 0.717) is 5.69 Å². The molecule has 0 bridgehead atoms. The quantitative estimate of drug-likeness (QED) is 0.604. The van der Waals surface area contributed by atoms with Crippen LogP contribution in [-0.2, 0) is 6.54 Å². The third kappa shape index (κ3) is 1.16. The van der Waals surface area contributed by atoms with Crippen LogP contribution >= 0.6 is 0 Å². The van der Waals surface area contributed by atoms with Crippen LogP contribution < -0.4 is 0 Å². The van der Waals surface area contributed by atoms with Gasteiger partial charge in [0, 0.05) is 12.6 Å². The molecule has 1 aromatic heterocycles. The summed E-state index contributed by atoms with van der Waals surface area (Å²) in [4.78, 5) is 0. The second-order valence-electron chi connectivity index (χ2n) is 1.99. The fourth-order valence-corrected chi connectivity index (χ4v) is 0.760. The van der Waals surface area contributed by atoms with Crippen LogP contribution in [0.1, 0.15) is 19.0 Å². The van der Waals surface area contributed by atoms with Crippen molar-refractivity contribution in [2.45, 2.75) is 19.9 Å². The van der Waals surface area contributed by atoms with Crippen LogP contribution in [0.3, 0.4) is 0 Å². The van der Waals surface area contributed by atoms with E-state index >= 15 is 0 Å². The Hall–Kier alpha value is -1.30. The van der Waals surface area contributed by atoms with Crippen molar-refractivity contribution in [2.75, 3.05) is 0 Å². The Balaban J connectivity index is 2.82. The molecule has 1 rings (SSSR count). The van der Waals surface area contributed by atoms with Crippen LogP contribution in [0.2, 0.25) is 0 Å². The Morgan fingerprint density at radius 1 is 1.90 bits per heavy atom. The molecule has 0 unspecified atom stereocenters. The van der Waals surface area contributed by atoms with E-state index in [1.807, 2.05) is 13.0 Å². The molecule has 1 heterocycles. The maximum Gasteiger partial charge on any atom is 0.139 e. The van der Waals surface area contributed by atoms with Crippen LogP contribution in [0.25, 0.3) is 0 Å². The summed E-state index contributed by atoms with van der Waals surface area (Å²) in [5.74, 6) is 0. The zero-order chi connectivity index (χ0) is 7.40. The van der Waals surface area contributed by atoms with Crippen molar-refractivity contribution in [3.05, 3.63) is 18.0 Å². The Morgan fingerprint density at radius 2 is 2.70 bits per heavy atom. The van der Waals surface area contributed by atoms with Gasteiger partial charge in [-0.3, -0.25) is 4.68 Å². The van der Waals surface area contributed by atoms with Gasteiger partial charge in [0.1, 0.15) is 18.0 Å². The minimum absolute atomic E-state index is 0.585. The van der Waals surface area contributed by atoms with E-state index < -0.39 is 0 Å². The van der Waals surface area contributed by atoms with E-state index in [1.165, 1.54) is 0 Å². The summed E-state index contributed by atoms with van der Waals surface area (Å²) < 4.78 is 1.65. The van der Waals surface area contributed by atoms with Gasteiger partial charge < -0.3 is 0 Å². The van der Waals surface area contributed by atoms with Gasteiger partial charge in [-0.25, -0.2) is 0 Å². The molecule has 0 saturated heterocycles. The van der Waals surface area contributed by atoms with Crippen molar-refractivity contribution in [2.24, 2.45) is 0 Å². The number of rotatable bonds is 2. The lowest BCUT2D eigenvalue weighted by Gasteiger charge is -1.96. The highest BCUT2D eigenvalue weighted by Crippen LogP contribution is 1.96. The summed E-state index contributed by atoms with van der Waals surface area (Å²) in [7, 11) is 0. The molecule has 1 radical (unpaired) electrons. The van der Waals surface area contributed by atoms with Gasteiger partial charge in [0.25, 0.3) is 0 Å². The number of aromatic nitrogens is 2. The average molecular weight is 134 g/mol. The Morgan fingerprint density at radius 3 is 3.30 bits per heavy atom. The average Bonchev–Trinajstić information content (AvgIpc) is 2.36. The smallest absolute Gasteiger partial charge is 0.139 e. The number of hydrogen-bond donors (Lipinski definition) is 0. The molecule has 0 aliphatic carbocycles. The van der Waals surface area contributed by atoms with Crippen LogP contribution in [0, 0.1) is 17.5 Å². The standard InChI is InChI=1S/C7H8N3/c1-2-5-10-7(6-8)3-4-9-10/h3H,2,5H2,1H3.